The lowest BCUT2D eigenvalue weighted by Crippen LogP contribution is -2.14. The number of ketones is 1. The van der Waals surface area contributed by atoms with Crippen LogP contribution in [-0.4, -0.2) is 17.7 Å². The number of rotatable bonds is 4. The van der Waals surface area contributed by atoms with Crippen molar-refractivity contribution in [2.45, 2.75) is 25.1 Å². The van der Waals surface area contributed by atoms with Crippen molar-refractivity contribution in [2.24, 2.45) is 0 Å². The second kappa shape index (κ2) is 5.82. The first-order valence-electron chi connectivity index (χ1n) is 5.03. The molecule has 0 heterocycles. The van der Waals surface area contributed by atoms with Crippen LogP contribution in [0.15, 0.2) is 16.6 Å². The first-order valence-corrected chi connectivity index (χ1v) is 6.74. The highest BCUT2D eigenvalue weighted by atomic mass is 79.9. The van der Waals surface area contributed by atoms with Crippen LogP contribution in [0.2, 0.25) is 0 Å². The Bertz CT molecular complexity index is 402. The summed E-state index contributed by atoms with van der Waals surface area (Å²) in [5.41, 5.74) is 1.67. The van der Waals surface area contributed by atoms with Crippen molar-refractivity contribution in [1.29, 1.82) is 0 Å². The Morgan fingerprint density at radius 1 is 1.50 bits per heavy atom. The van der Waals surface area contributed by atoms with E-state index in [1.54, 1.807) is 7.11 Å². The summed E-state index contributed by atoms with van der Waals surface area (Å²) in [7, 11) is 1.58. The molecule has 0 N–H and O–H groups in total. The number of carbonyl (C=O) groups is 1. The summed E-state index contributed by atoms with van der Waals surface area (Å²) in [6.07, 6.45) is 0.757. The fourth-order valence-electron chi connectivity index (χ4n) is 1.37. The largest absolute Gasteiger partial charge is 0.496 e. The normalized spacial score (nSPS) is 12.3. The van der Waals surface area contributed by atoms with E-state index in [9.17, 15) is 4.79 Å². The van der Waals surface area contributed by atoms with E-state index in [4.69, 9.17) is 4.74 Å². The Morgan fingerprint density at radius 2 is 2.12 bits per heavy atom. The van der Waals surface area contributed by atoms with Crippen molar-refractivity contribution in [2.75, 3.05) is 7.11 Å². The molecular formula is C12H14Br2O2. The van der Waals surface area contributed by atoms with Gasteiger partial charge in [0.15, 0.2) is 5.78 Å². The third kappa shape index (κ3) is 2.86. The van der Waals surface area contributed by atoms with Crippen LogP contribution in [0.1, 0.15) is 29.3 Å². The Hall–Kier alpha value is -0.350. The van der Waals surface area contributed by atoms with Crippen molar-refractivity contribution >= 4 is 37.6 Å². The number of ether oxygens (including phenoxy) is 1. The van der Waals surface area contributed by atoms with E-state index in [-0.39, 0.29) is 10.6 Å². The molecule has 0 aromatic heterocycles. The van der Waals surface area contributed by atoms with Gasteiger partial charge >= 0.3 is 0 Å². The van der Waals surface area contributed by atoms with Crippen molar-refractivity contribution in [3.8, 4) is 5.75 Å². The molecule has 0 aliphatic heterocycles. The number of methoxy groups -OCH3 is 1. The molecule has 1 aromatic carbocycles. The first kappa shape index (κ1) is 13.7. The standard InChI is InChI=1S/C12H14Br2O2/c1-4-9(13)12(15)8-6-10(14)7(2)5-11(8)16-3/h5-6,9H,4H2,1-3H3. The van der Waals surface area contributed by atoms with Gasteiger partial charge in [-0.25, -0.2) is 0 Å². The zero-order valence-corrected chi connectivity index (χ0v) is 12.7. The molecule has 0 saturated carbocycles. The van der Waals surface area contributed by atoms with E-state index in [0.717, 1.165) is 16.5 Å². The number of carbonyl (C=O) groups excluding carboxylic acids is 1. The third-order valence-corrected chi connectivity index (χ3v) is 4.31. The minimum absolute atomic E-state index is 0.0556. The number of aryl methyl sites for hydroxylation is 1. The molecule has 2 nitrogen and oxygen atoms in total. The molecule has 0 bridgehead atoms. The summed E-state index contributed by atoms with van der Waals surface area (Å²) in [6, 6.07) is 3.69. The van der Waals surface area contributed by atoms with Crippen LogP contribution in [0, 0.1) is 6.92 Å². The van der Waals surface area contributed by atoms with E-state index >= 15 is 0 Å². The van der Waals surface area contributed by atoms with Crippen LogP contribution in [0.3, 0.4) is 0 Å². The fourth-order valence-corrected chi connectivity index (χ4v) is 1.96. The van der Waals surface area contributed by atoms with Gasteiger partial charge in [-0.2, -0.15) is 0 Å². The number of hydrogen-bond donors (Lipinski definition) is 0. The molecule has 1 unspecified atom stereocenters. The van der Waals surface area contributed by atoms with Crippen LogP contribution >= 0.6 is 31.9 Å². The molecule has 88 valence electrons. The van der Waals surface area contributed by atoms with E-state index in [1.165, 1.54) is 0 Å². The van der Waals surface area contributed by atoms with Gasteiger partial charge in [-0.05, 0) is 31.0 Å². The second-order valence-corrected chi connectivity index (χ2v) is 5.50. The van der Waals surface area contributed by atoms with Crippen LogP contribution < -0.4 is 4.74 Å². The van der Waals surface area contributed by atoms with E-state index in [1.807, 2.05) is 26.0 Å². The second-order valence-electron chi connectivity index (χ2n) is 3.54. The van der Waals surface area contributed by atoms with Gasteiger partial charge in [0.1, 0.15) is 5.75 Å². The van der Waals surface area contributed by atoms with Crippen molar-refractivity contribution in [3.05, 3.63) is 27.7 Å². The van der Waals surface area contributed by atoms with Crippen LogP contribution in [0.25, 0.3) is 0 Å². The quantitative estimate of drug-likeness (QED) is 0.603. The van der Waals surface area contributed by atoms with Crippen LogP contribution in [-0.2, 0) is 0 Å². The summed E-state index contributed by atoms with van der Waals surface area (Å²) in [5.74, 6) is 0.684. The average Bonchev–Trinajstić information content (AvgIpc) is 2.30. The zero-order valence-electron chi connectivity index (χ0n) is 9.51. The Kier molecular flexibility index (Phi) is 4.99. The van der Waals surface area contributed by atoms with E-state index < -0.39 is 0 Å². The maximum absolute atomic E-state index is 12.1. The predicted octanol–water partition coefficient (Wildman–Crippen LogP) is 4.12. The molecule has 0 aliphatic rings. The van der Waals surface area contributed by atoms with Crippen molar-refractivity contribution in [1.82, 2.24) is 0 Å². The molecule has 16 heavy (non-hydrogen) atoms. The number of Topliss-reactive ketones (excluding diaryl/α,β-unsaturated/α-hetero) is 1. The molecule has 1 atom stereocenters. The average molecular weight is 350 g/mol. The maximum atomic E-state index is 12.1. The summed E-state index contributed by atoms with van der Waals surface area (Å²) in [4.78, 5) is 11.9. The molecule has 0 saturated heterocycles. The molecule has 0 aliphatic carbocycles. The summed E-state index contributed by atoms with van der Waals surface area (Å²) >= 11 is 6.79. The molecular weight excluding hydrogens is 336 g/mol. The first-order chi connectivity index (χ1) is 7.51. The minimum atomic E-state index is -0.156. The number of hydrogen-bond acceptors (Lipinski definition) is 2. The van der Waals surface area contributed by atoms with Crippen molar-refractivity contribution in [3.63, 3.8) is 0 Å². The Morgan fingerprint density at radius 3 is 2.62 bits per heavy atom. The Balaban J connectivity index is 3.21. The molecule has 0 amide bonds. The lowest BCUT2D eigenvalue weighted by atomic mass is 10.0. The molecule has 0 fully saturated rings. The highest BCUT2D eigenvalue weighted by Crippen LogP contribution is 2.29. The van der Waals surface area contributed by atoms with E-state index in [2.05, 4.69) is 31.9 Å². The predicted molar refractivity (Wildman–Crippen MR) is 72.8 cm³/mol. The van der Waals surface area contributed by atoms with Gasteiger partial charge in [-0.3, -0.25) is 4.79 Å². The van der Waals surface area contributed by atoms with E-state index in [0.29, 0.717) is 11.3 Å². The molecule has 0 radical (unpaired) electrons. The third-order valence-electron chi connectivity index (χ3n) is 2.39. The SMILES string of the molecule is CCC(Br)C(=O)c1cc(Br)c(C)cc1OC. The summed E-state index contributed by atoms with van der Waals surface area (Å²) in [6.45, 7) is 3.93. The zero-order chi connectivity index (χ0) is 12.3. The number of halogens is 2. The van der Waals surface area contributed by atoms with Crippen LogP contribution in [0.5, 0.6) is 5.75 Å². The molecule has 0 spiro atoms. The Labute approximate surface area is 113 Å². The molecule has 1 aromatic rings. The van der Waals surface area contributed by atoms with Gasteiger partial charge in [0, 0.05) is 4.47 Å². The van der Waals surface area contributed by atoms with Gasteiger partial charge < -0.3 is 4.74 Å². The monoisotopic (exact) mass is 348 g/mol. The lowest BCUT2D eigenvalue weighted by molar-refractivity contribution is 0.0987. The summed E-state index contributed by atoms with van der Waals surface area (Å²) < 4.78 is 6.16. The summed E-state index contributed by atoms with van der Waals surface area (Å²) in [5, 5.41) is 0. The number of alkyl halides is 1. The fraction of sp³-hybridized carbons (Fsp3) is 0.417. The smallest absolute Gasteiger partial charge is 0.180 e. The van der Waals surface area contributed by atoms with Crippen LogP contribution in [0.4, 0.5) is 0 Å². The molecule has 1 rings (SSSR count). The topological polar surface area (TPSA) is 26.3 Å². The van der Waals surface area contributed by atoms with Gasteiger partial charge in [0.25, 0.3) is 0 Å². The lowest BCUT2D eigenvalue weighted by Gasteiger charge is -2.12. The van der Waals surface area contributed by atoms with Crippen molar-refractivity contribution < 1.29 is 9.53 Å². The molecule has 4 heteroatoms. The highest BCUT2D eigenvalue weighted by Gasteiger charge is 2.20. The maximum Gasteiger partial charge on any atom is 0.180 e. The highest BCUT2D eigenvalue weighted by molar-refractivity contribution is 9.10. The van der Waals surface area contributed by atoms with Gasteiger partial charge in [0.05, 0.1) is 17.5 Å². The van der Waals surface area contributed by atoms with Gasteiger partial charge in [-0.15, -0.1) is 0 Å². The minimum Gasteiger partial charge on any atom is -0.496 e. The van der Waals surface area contributed by atoms with Gasteiger partial charge in [0.2, 0.25) is 0 Å². The number of benzene rings is 1. The van der Waals surface area contributed by atoms with Gasteiger partial charge in [-0.1, -0.05) is 38.8 Å².